The topological polar surface area (TPSA) is 72.2 Å². The van der Waals surface area contributed by atoms with E-state index in [0.717, 1.165) is 16.3 Å². The molecule has 2 aromatic carbocycles. The maximum absolute atomic E-state index is 12.1. The van der Waals surface area contributed by atoms with Crippen LogP contribution >= 0.6 is 15.9 Å². The molecule has 2 amide bonds. The Morgan fingerprint density at radius 3 is 2.50 bits per heavy atom. The lowest BCUT2D eigenvalue weighted by atomic mass is 10.0. The summed E-state index contributed by atoms with van der Waals surface area (Å²) < 4.78 is 0.613. The van der Waals surface area contributed by atoms with Gasteiger partial charge in [-0.3, -0.25) is 9.59 Å². The summed E-state index contributed by atoms with van der Waals surface area (Å²) in [7, 11) is 0. The fourth-order valence-electron chi connectivity index (χ4n) is 2.22. The summed E-state index contributed by atoms with van der Waals surface area (Å²) >= 11 is 3.17. The van der Waals surface area contributed by atoms with Crippen LogP contribution in [0.3, 0.4) is 0 Å². The molecule has 3 N–H and O–H groups in total. The van der Waals surface area contributed by atoms with Gasteiger partial charge in [-0.15, -0.1) is 0 Å². The largest absolute Gasteiger partial charge is 0.368 e. The number of halogens is 1. The van der Waals surface area contributed by atoms with Crippen molar-refractivity contribution in [3.8, 4) is 0 Å². The Balaban J connectivity index is 2.06. The molecule has 1 atom stereocenters. The molecule has 22 heavy (non-hydrogen) atoms. The zero-order valence-corrected chi connectivity index (χ0v) is 13.6. The number of nitrogens with one attached hydrogen (secondary N) is 1. The second kappa shape index (κ2) is 7.22. The highest BCUT2D eigenvalue weighted by Crippen LogP contribution is 2.16. The summed E-state index contributed by atoms with van der Waals surface area (Å²) in [5.74, 6) is -0.819. The normalized spacial score (nSPS) is 11.9. The number of nitrogens with two attached hydrogens (primary N) is 1. The minimum atomic E-state index is -0.750. The van der Waals surface area contributed by atoms with Crippen LogP contribution in [-0.2, 0) is 16.0 Å². The van der Waals surface area contributed by atoms with Gasteiger partial charge in [0.1, 0.15) is 6.04 Å². The third-order valence-electron chi connectivity index (χ3n) is 3.28. The first-order valence-corrected chi connectivity index (χ1v) is 7.64. The number of primary amides is 1. The second-order valence-electron chi connectivity index (χ2n) is 5.10. The van der Waals surface area contributed by atoms with Gasteiger partial charge in [0, 0.05) is 6.42 Å². The first-order chi connectivity index (χ1) is 10.5. The lowest BCUT2D eigenvalue weighted by molar-refractivity contribution is -0.126. The van der Waals surface area contributed by atoms with E-state index in [1.165, 1.54) is 0 Å². The summed E-state index contributed by atoms with van der Waals surface area (Å²) in [4.78, 5) is 23.4. The molecule has 114 valence electrons. The molecular formula is C17H17BrN2O2. The molecule has 5 heteroatoms. The number of hydrogen-bond acceptors (Lipinski definition) is 2. The summed E-state index contributed by atoms with van der Waals surface area (Å²) in [5, 5.41) is 4.84. The molecule has 0 saturated carbocycles. The van der Waals surface area contributed by atoms with E-state index in [2.05, 4.69) is 27.8 Å². The lowest BCUT2D eigenvalue weighted by Gasteiger charge is -2.15. The van der Waals surface area contributed by atoms with Crippen molar-refractivity contribution < 1.29 is 9.59 Å². The molecule has 0 bridgehead atoms. The molecule has 0 saturated heterocycles. The van der Waals surface area contributed by atoms with Gasteiger partial charge in [0.05, 0.1) is 6.42 Å². The van der Waals surface area contributed by atoms with Gasteiger partial charge in [0.25, 0.3) is 0 Å². The third-order valence-corrected chi connectivity index (χ3v) is 3.61. The van der Waals surface area contributed by atoms with Crippen molar-refractivity contribution in [2.24, 2.45) is 5.73 Å². The van der Waals surface area contributed by atoms with Crippen molar-refractivity contribution in [2.75, 3.05) is 0 Å². The molecule has 0 aromatic heterocycles. The van der Waals surface area contributed by atoms with Crippen LogP contribution in [0.5, 0.6) is 0 Å². The monoisotopic (exact) mass is 360 g/mol. The van der Waals surface area contributed by atoms with Crippen molar-refractivity contribution in [3.05, 3.63) is 59.1 Å². The first kappa shape index (κ1) is 16.2. The van der Waals surface area contributed by atoms with E-state index >= 15 is 0 Å². The van der Waals surface area contributed by atoms with Crippen molar-refractivity contribution in [1.82, 2.24) is 5.32 Å². The number of carbonyl (C=O) groups excluding carboxylic acids is 2. The molecule has 2 aromatic rings. The Kier molecular flexibility index (Phi) is 5.33. The van der Waals surface area contributed by atoms with E-state index in [4.69, 9.17) is 5.73 Å². The smallest absolute Gasteiger partial charge is 0.240 e. The molecule has 0 aliphatic carbocycles. The summed E-state index contributed by atoms with van der Waals surface area (Å²) in [6.45, 7) is 3.66. The van der Waals surface area contributed by atoms with Crippen LogP contribution in [0, 0.1) is 0 Å². The molecule has 4 nitrogen and oxygen atoms in total. The standard InChI is InChI=1S/C17H17BrN2O2/c1-11(18)8-15(17(19)22)20-16(21)10-12-6-7-13-4-2-3-5-14(13)9-12/h2-7,9,15H,1,8,10H2,(H2,19,22)(H,20,21)/t15-/m1/s1. The highest BCUT2D eigenvalue weighted by molar-refractivity contribution is 9.11. The number of amides is 2. The van der Waals surface area contributed by atoms with Crippen LogP contribution < -0.4 is 11.1 Å². The predicted octanol–water partition coefficient (Wildman–Crippen LogP) is 2.65. The number of benzene rings is 2. The average molecular weight is 361 g/mol. The van der Waals surface area contributed by atoms with Gasteiger partial charge in [-0.25, -0.2) is 0 Å². The van der Waals surface area contributed by atoms with Gasteiger partial charge in [-0.05, 0) is 20.8 Å². The van der Waals surface area contributed by atoms with Gasteiger partial charge >= 0.3 is 0 Å². The Bertz CT molecular complexity index is 727. The van der Waals surface area contributed by atoms with Gasteiger partial charge < -0.3 is 11.1 Å². The Morgan fingerprint density at radius 1 is 1.18 bits per heavy atom. The summed E-state index contributed by atoms with van der Waals surface area (Å²) in [6.07, 6.45) is 0.474. The Hall–Kier alpha value is -2.14. The molecule has 0 unspecified atom stereocenters. The molecule has 0 aliphatic rings. The maximum atomic E-state index is 12.1. The highest BCUT2D eigenvalue weighted by Gasteiger charge is 2.18. The lowest BCUT2D eigenvalue weighted by Crippen LogP contribution is -2.45. The van der Waals surface area contributed by atoms with Crippen molar-refractivity contribution in [1.29, 1.82) is 0 Å². The minimum Gasteiger partial charge on any atom is -0.368 e. The number of carbonyl (C=O) groups is 2. The SMILES string of the molecule is C=C(Br)C[C@@H](NC(=O)Cc1ccc2ccccc2c1)C(N)=O. The molecule has 0 fully saturated rings. The zero-order chi connectivity index (χ0) is 16.1. The van der Waals surface area contributed by atoms with Gasteiger partial charge in [-0.2, -0.15) is 0 Å². The Morgan fingerprint density at radius 2 is 1.86 bits per heavy atom. The van der Waals surface area contributed by atoms with Crippen LogP contribution in [0.1, 0.15) is 12.0 Å². The van der Waals surface area contributed by atoms with Crippen LogP contribution in [0.25, 0.3) is 10.8 Å². The predicted molar refractivity (Wildman–Crippen MR) is 91.5 cm³/mol. The van der Waals surface area contributed by atoms with E-state index in [9.17, 15) is 9.59 Å². The van der Waals surface area contributed by atoms with E-state index in [1.54, 1.807) is 0 Å². The van der Waals surface area contributed by atoms with Gasteiger partial charge in [0.15, 0.2) is 0 Å². The third kappa shape index (κ3) is 4.43. The minimum absolute atomic E-state index is 0.198. The summed E-state index contributed by atoms with van der Waals surface area (Å²) in [6, 6.07) is 13.0. The van der Waals surface area contributed by atoms with E-state index in [-0.39, 0.29) is 18.7 Å². The highest BCUT2D eigenvalue weighted by atomic mass is 79.9. The van der Waals surface area contributed by atoms with Crippen LogP contribution in [0.2, 0.25) is 0 Å². The zero-order valence-electron chi connectivity index (χ0n) is 12.0. The quantitative estimate of drug-likeness (QED) is 0.830. The molecule has 0 heterocycles. The molecule has 0 spiro atoms. The van der Waals surface area contributed by atoms with E-state index in [1.807, 2.05) is 42.5 Å². The van der Waals surface area contributed by atoms with Crippen molar-refractivity contribution in [2.45, 2.75) is 18.9 Å². The van der Waals surface area contributed by atoms with Crippen molar-refractivity contribution >= 4 is 38.5 Å². The fraction of sp³-hybridized carbons (Fsp3) is 0.176. The summed E-state index contributed by atoms with van der Waals surface area (Å²) in [5.41, 5.74) is 6.17. The van der Waals surface area contributed by atoms with Crippen LogP contribution in [0.4, 0.5) is 0 Å². The molecular weight excluding hydrogens is 344 g/mol. The van der Waals surface area contributed by atoms with Crippen LogP contribution in [0.15, 0.2) is 53.5 Å². The maximum Gasteiger partial charge on any atom is 0.240 e. The molecule has 0 aliphatic heterocycles. The van der Waals surface area contributed by atoms with Crippen molar-refractivity contribution in [3.63, 3.8) is 0 Å². The van der Waals surface area contributed by atoms with E-state index < -0.39 is 11.9 Å². The average Bonchev–Trinajstić information content (AvgIpc) is 2.45. The number of rotatable bonds is 6. The second-order valence-corrected chi connectivity index (χ2v) is 6.22. The van der Waals surface area contributed by atoms with Gasteiger partial charge in [0.2, 0.25) is 11.8 Å². The number of hydrogen-bond donors (Lipinski definition) is 2. The fourth-order valence-corrected chi connectivity index (χ4v) is 2.55. The Labute approximate surface area is 137 Å². The number of fused-ring (bicyclic) bond motifs is 1. The van der Waals surface area contributed by atoms with Crippen LogP contribution in [-0.4, -0.2) is 17.9 Å². The van der Waals surface area contributed by atoms with Gasteiger partial charge in [-0.1, -0.05) is 65.0 Å². The molecule has 2 rings (SSSR count). The first-order valence-electron chi connectivity index (χ1n) is 6.85. The molecule has 0 radical (unpaired) electrons. The van der Waals surface area contributed by atoms with E-state index in [0.29, 0.717) is 4.48 Å².